The zero-order chi connectivity index (χ0) is 13.8. The van der Waals surface area contributed by atoms with Gasteiger partial charge in [0.2, 0.25) is 5.91 Å². The largest absolute Gasteiger partial charge is 0.366 e. The lowest BCUT2D eigenvalue weighted by atomic mass is 10.1. The summed E-state index contributed by atoms with van der Waals surface area (Å²) in [7, 11) is 0. The Kier molecular flexibility index (Phi) is 3.48. The van der Waals surface area contributed by atoms with Crippen molar-refractivity contribution in [2.24, 2.45) is 5.73 Å². The van der Waals surface area contributed by atoms with Gasteiger partial charge >= 0.3 is 0 Å². The molecule has 19 heavy (non-hydrogen) atoms. The minimum atomic E-state index is -0.459. The van der Waals surface area contributed by atoms with Crippen LogP contribution < -0.4 is 11.1 Å². The summed E-state index contributed by atoms with van der Waals surface area (Å²) < 4.78 is 0. The molecule has 0 aromatic heterocycles. The van der Waals surface area contributed by atoms with Crippen LogP contribution in [0.3, 0.4) is 0 Å². The second-order valence-electron chi connectivity index (χ2n) is 4.23. The molecule has 0 aliphatic rings. The Hall–Kier alpha value is -2.80. The van der Waals surface area contributed by atoms with Crippen LogP contribution in [0, 0.1) is 18.3 Å². The molecule has 0 aliphatic heterocycles. The van der Waals surface area contributed by atoms with Gasteiger partial charge in [0.05, 0.1) is 11.3 Å². The highest BCUT2D eigenvalue weighted by molar-refractivity contribution is 5.93. The van der Waals surface area contributed by atoms with Gasteiger partial charge in [-0.3, -0.25) is 4.79 Å². The molecule has 4 nitrogen and oxygen atoms in total. The monoisotopic (exact) mass is 251 g/mol. The van der Waals surface area contributed by atoms with Crippen molar-refractivity contribution in [1.29, 1.82) is 5.26 Å². The zero-order valence-electron chi connectivity index (χ0n) is 10.5. The van der Waals surface area contributed by atoms with Crippen molar-refractivity contribution in [2.75, 3.05) is 5.32 Å². The van der Waals surface area contributed by atoms with Gasteiger partial charge in [0.25, 0.3) is 0 Å². The summed E-state index contributed by atoms with van der Waals surface area (Å²) in [5.74, 6) is -0.459. The SMILES string of the molecule is Cc1ccc(C#N)c(Nc2ccc(C(N)=O)cc2)c1. The summed E-state index contributed by atoms with van der Waals surface area (Å²) >= 11 is 0. The number of nitrogens with two attached hydrogens (primary N) is 1. The quantitative estimate of drug-likeness (QED) is 0.880. The number of nitriles is 1. The van der Waals surface area contributed by atoms with Crippen LogP contribution in [-0.2, 0) is 0 Å². The maximum Gasteiger partial charge on any atom is 0.248 e. The van der Waals surface area contributed by atoms with E-state index in [1.54, 1.807) is 30.3 Å². The number of primary amides is 1. The van der Waals surface area contributed by atoms with Crippen molar-refractivity contribution < 1.29 is 4.79 Å². The molecule has 3 N–H and O–H groups in total. The molecule has 0 bridgehead atoms. The third-order valence-corrected chi connectivity index (χ3v) is 2.74. The van der Waals surface area contributed by atoms with Gasteiger partial charge in [-0.25, -0.2) is 0 Å². The number of hydrogen-bond acceptors (Lipinski definition) is 3. The smallest absolute Gasteiger partial charge is 0.248 e. The Morgan fingerprint density at radius 3 is 2.47 bits per heavy atom. The average Bonchev–Trinajstić information content (AvgIpc) is 2.39. The number of carbonyl (C=O) groups is 1. The fraction of sp³-hybridized carbons (Fsp3) is 0.0667. The Morgan fingerprint density at radius 1 is 1.21 bits per heavy atom. The Morgan fingerprint density at radius 2 is 1.89 bits per heavy atom. The minimum absolute atomic E-state index is 0.454. The molecule has 0 saturated carbocycles. The highest BCUT2D eigenvalue weighted by Gasteiger charge is 2.04. The number of rotatable bonds is 3. The van der Waals surface area contributed by atoms with Crippen LogP contribution in [0.15, 0.2) is 42.5 Å². The molecule has 0 fully saturated rings. The molecular formula is C15H13N3O. The topological polar surface area (TPSA) is 78.9 Å². The molecule has 94 valence electrons. The van der Waals surface area contributed by atoms with Gasteiger partial charge in [-0.1, -0.05) is 6.07 Å². The first-order valence-electron chi connectivity index (χ1n) is 5.78. The summed E-state index contributed by atoms with van der Waals surface area (Å²) in [4.78, 5) is 11.0. The third kappa shape index (κ3) is 2.90. The molecule has 0 saturated heterocycles. The van der Waals surface area contributed by atoms with Gasteiger partial charge in [0.15, 0.2) is 0 Å². The first-order chi connectivity index (χ1) is 9.10. The second-order valence-corrected chi connectivity index (χ2v) is 4.23. The van der Waals surface area contributed by atoms with Gasteiger partial charge in [-0.05, 0) is 48.9 Å². The number of amides is 1. The molecule has 0 heterocycles. The second kappa shape index (κ2) is 5.23. The van der Waals surface area contributed by atoms with E-state index in [2.05, 4.69) is 11.4 Å². The fourth-order valence-corrected chi connectivity index (χ4v) is 1.73. The first-order valence-corrected chi connectivity index (χ1v) is 5.78. The summed E-state index contributed by atoms with van der Waals surface area (Å²) in [6.07, 6.45) is 0. The van der Waals surface area contributed by atoms with E-state index in [1.165, 1.54) is 0 Å². The van der Waals surface area contributed by atoms with Crippen molar-refractivity contribution >= 4 is 17.3 Å². The van der Waals surface area contributed by atoms with Crippen molar-refractivity contribution in [3.8, 4) is 6.07 Å². The fourth-order valence-electron chi connectivity index (χ4n) is 1.73. The number of benzene rings is 2. The van der Waals surface area contributed by atoms with Crippen LogP contribution in [-0.4, -0.2) is 5.91 Å². The van der Waals surface area contributed by atoms with Crippen molar-refractivity contribution in [3.63, 3.8) is 0 Å². The van der Waals surface area contributed by atoms with Gasteiger partial charge < -0.3 is 11.1 Å². The maximum absolute atomic E-state index is 11.0. The molecule has 1 amide bonds. The van der Waals surface area contributed by atoms with Gasteiger partial charge in [0, 0.05) is 11.3 Å². The van der Waals surface area contributed by atoms with E-state index in [4.69, 9.17) is 11.0 Å². The highest BCUT2D eigenvalue weighted by atomic mass is 16.1. The molecule has 0 radical (unpaired) electrons. The molecule has 0 spiro atoms. The predicted molar refractivity (Wildman–Crippen MR) is 74.1 cm³/mol. The lowest BCUT2D eigenvalue weighted by molar-refractivity contribution is 0.100. The summed E-state index contributed by atoms with van der Waals surface area (Å²) in [6.45, 7) is 1.96. The number of nitrogens with one attached hydrogen (secondary N) is 1. The molecule has 2 aromatic rings. The number of hydrogen-bond donors (Lipinski definition) is 2. The lowest BCUT2D eigenvalue weighted by Gasteiger charge is -2.09. The minimum Gasteiger partial charge on any atom is -0.366 e. The Bertz CT molecular complexity index is 654. The van der Waals surface area contributed by atoms with E-state index in [0.717, 1.165) is 16.9 Å². The third-order valence-electron chi connectivity index (χ3n) is 2.74. The molecule has 0 aliphatic carbocycles. The van der Waals surface area contributed by atoms with Crippen LogP contribution in [0.5, 0.6) is 0 Å². The van der Waals surface area contributed by atoms with Gasteiger partial charge in [-0.2, -0.15) is 5.26 Å². The molecule has 0 atom stereocenters. The van der Waals surface area contributed by atoms with E-state index in [0.29, 0.717) is 11.1 Å². The van der Waals surface area contributed by atoms with E-state index >= 15 is 0 Å². The van der Waals surface area contributed by atoms with Gasteiger partial charge in [-0.15, -0.1) is 0 Å². The molecule has 2 aromatic carbocycles. The molecule has 4 heteroatoms. The number of anilines is 2. The zero-order valence-corrected chi connectivity index (χ0v) is 10.5. The normalized spacial score (nSPS) is 9.68. The van der Waals surface area contributed by atoms with E-state index in [-0.39, 0.29) is 0 Å². The van der Waals surface area contributed by atoms with Crippen LogP contribution in [0.2, 0.25) is 0 Å². The summed E-state index contributed by atoms with van der Waals surface area (Å²) in [5.41, 5.74) is 8.82. The predicted octanol–water partition coefficient (Wildman–Crippen LogP) is 2.71. The van der Waals surface area contributed by atoms with Crippen LogP contribution in [0.25, 0.3) is 0 Å². The standard InChI is InChI=1S/C15H13N3O/c1-10-2-3-12(9-16)14(8-10)18-13-6-4-11(5-7-13)15(17)19/h2-8,18H,1H3,(H2,17,19). The van der Waals surface area contributed by atoms with Crippen LogP contribution in [0.1, 0.15) is 21.5 Å². The number of carbonyl (C=O) groups excluding carboxylic acids is 1. The van der Waals surface area contributed by atoms with Crippen molar-refractivity contribution in [2.45, 2.75) is 6.92 Å². The highest BCUT2D eigenvalue weighted by Crippen LogP contribution is 2.22. The Labute approximate surface area is 111 Å². The van der Waals surface area contributed by atoms with Gasteiger partial charge in [0.1, 0.15) is 6.07 Å². The average molecular weight is 251 g/mol. The Balaban J connectivity index is 2.28. The van der Waals surface area contributed by atoms with Crippen molar-refractivity contribution in [3.05, 3.63) is 59.2 Å². The molecule has 0 unspecified atom stereocenters. The van der Waals surface area contributed by atoms with E-state index in [9.17, 15) is 4.79 Å². The lowest BCUT2D eigenvalue weighted by Crippen LogP contribution is -2.10. The van der Waals surface area contributed by atoms with E-state index < -0.39 is 5.91 Å². The molecular weight excluding hydrogens is 238 g/mol. The maximum atomic E-state index is 11.0. The number of aryl methyl sites for hydroxylation is 1. The summed E-state index contributed by atoms with van der Waals surface area (Å²) in [5, 5.41) is 12.2. The molecule has 2 rings (SSSR count). The number of nitrogens with zero attached hydrogens (tertiary/aromatic N) is 1. The van der Waals surface area contributed by atoms with Crippen LogP contribution >= 0.6 is 0 Å². The van der Waals surface area contributed by atoms with Crippen LogP contribution in [0.4, 0.5) is 11.4 Å². The van der Waals surface area contributed by atoms with Crippen molar-refractivity contribution in [1.82, 2.24) is 0 Å². The summed E-state index contributed by atoms with van der Waals surface area (Å²) in [6, 6.07) is 14.5. The first kappa shape index (κ1) is 12.7. The van der Waals surface area contributed by atoms with E-state index in [1.807, 2.05) is 19.1 Å².